The number of hydrogen-bond donors (Lipinski definition) is 0. The van der Waals surface area contributed by atoms with Crippen LogP contribution in [0.1, 0.15) is 16.7 Å². The fourth-order valence-electron chi connectivity index (χ4n) is 4.06. The van der Waals surface area contributed by atoms with Gasteiger partial charge in [-0.15, -0.1) is 0 Å². The first-order valence-corrected chi connectivity index (χ1v) is 10.0. The van der Waals surface area contributed by atoms with Crippen LogP contribution in [0.5, 0.6) is 5.75 Å². The molecule has 1 aliphatic rings. The zero-order valence-corrected chi connectivity index (χ0v) is 17.4. The molecule has 1 atom stereocenters. The Labute approximate surface area is 173 Å². The van der Waals surface area contributed by atoms with Gasteiger partial charge in [0.1, 0.15) is 5.75 Å². The number of nitrogens with zero attached hydrogens (tertiary/aromatic N) is 4. The molecule has 0 aliphatic carbocycles. The Morgan fingerprint density at radius 2 is 1.72 bits per heavy atom. The molecule has 1 aliphatic heterocycles. The third kappa shape index (κ3) is 4.47. The second kappa shape index (κ2) is 8.72. The Morgan fingerprint density at radius 3 is 2.48 bits per heavy atom. The van der Waals surface area contributed by atoms with Gasteiger partial charge in [0.2, 0.25) is 0 Å². The first kappa shape index (κ1) is 19.6. The van der Waals surface area contributed by atoms with E-state index in [2.05, 4.69) is 58.1 Å². The van der Waals surface area contributed by atoms with Crippen molar-refractivity contribution in [1.82, 2.24) is 19.8 Å². The summed E-state index contributed by atoms with van der Waals surface area (Å²) in [5, 5.41) is 0. The maximum Gasteiger partial charge on any atom is 0.162 e. The van der Waals surface area contributed by atoms with E-state index in [-0.39, 0.29) is 0 Å². The maximum absolute atomic E-state index is 5.42. The van der Waals surface area contributed by atoms with E-state index < -0.39 is 0 Å². The predicted molar refractivity (Wildman–Crippen MR) is 116 cm³/mol. The minimum atomic E-state index is 0.517. The van der Waals surface area contributed by atoms with Gasteiger partial charge in [0, 0.05) is 43.6 Å². The van der Waals surface area contributed by atoms with Gasteiger partial charge in [-0.2, -0.15) is 0 Å². The van der Waals surface area contributed by atoms with Crippen LogP contribution in [0.4, 0.5) is 0 Å². The number of para-hydroxylation sites is 1. The average molecular weight is 389 g/mol. The lowest BCUT2D eigenvalue weighted by Gasteiger charge is -2.36. The molecule has 1 aromatic heterocycles. The summed E-state index contributed by atoms with van der Waals surface area (Å²) in [6.07, 6.45) is 4.94. The summed E-state index contributed by atoms with van der Waals surface area (Å²) in [6.45, 7) is 2.86. The lowest BCUT2D eigenvalue weighted by atomic mass is 9.94. The Balaban J connectivity index is 1.39. The molecule has 5 heteroatoms. The minimum Gasteiger partial charge on any atom is -0.496 e. The van der Waals surface area contributed by atoms with Crippen molar-refractivity contribution in [1.29, 1.82) is 0 Å². The molecule has 5 nitrogen and oxygen atoms in total. The van der Waals surface area contributed by atoms with Crippen molar-refractivity contribution in [3.05, 3.63) is 77.6 Å². The fraction of sp³-hybridized carbons (Fsp3) is 0.333. The van der Waals surface area contributed by atoms with Crippen molar-refractivity contribution in [2.24, 2.45) is 0 Å². The predicted octanol–water partition coefficient (Wildman–Crippen LogP) is 3.64. The summed E-state index contributed by atoms with van der Waals surface area (Å²) in [6, 6.07) is 17.1. The van der Waals surface area contributed by atoms with Crippen LogP contribution in [-0.2, 0) is 19.5 Å². The van der Waals surface area contributed by atoms with Gasteiger partial charge in [-0.05, 0) is 43.8 Å². The molecule has 150 valence electrons. The van der Waals surface area contributed by atoms with Crippen LogP contribution in [-0.4, -0.2) is 53.6 Å². The van der Waals surface area contributed by atoms with Gasteiger partial charge in [0.05, 0.1) is 12.7 Å². The zero-order valence-electron chi connectivity index (χ0n) is 17.4. The highest BCUT2D eigenvalue weighted by atomic mass is 16.5. The maximum atomic E-state index is 5.42. The van der Waals surface area contributed by atoms with E-state index in [1.165, 1.54) is 11.1 Å². The number of likely N-dealkylation sites (N-methyl/N-ethyl adjacent to an activating group) is 2. The quantitative estimate of drug-likeness (QED) is 0.645. The topological polar surface area (TPSA) is 41.5 Å². The SMILES string of the molecule is COc1ccccc1-c1ncc(CN(C)CC2Cc3ccccc3CN2C)cn1. The number of benzene rings is 2. The lowest BCUT2D eigenvalue weighted by Crippen LogP contribution is -2.44. The molecule has 4 rings (SSSR count). The van der Waals surface area contributed by atoms with Crippen LogP contribution in [0, 0.1) is 0 Å². The number of ether oxygens (including phenoxy) is 1. The molecule has 0 fully saturated rings. The summed E-state index contributed by atoms with van der Waals surface area (Å²) in [5.74, 6) is 1.48. The van der Waals surface area contributed by atoms with E-state index in [1.807, 2.05) is 36.7 Å². The average Bonchev–Trinajstić information content (AvgIpc) is 2.75. The molecule has 29 heavy (non-hydrogen) atoms. The molecule has 0 amide bonds. The van der Waals surface area contributed by atoms with Crippen LogP contribution in [0.2, 0.25) is 0 Å². The number of aromatic nitrogens is 2. The van der Waals surface area contributed by atoms with Crippen molar-refractivity contribution >= 4 is 0 Å². The monoisotopic (exact) mass is 388 g/mol. The first-order valence-electron chi connectivity index (χ1n) is 10.0. The molecule has 3 aromatic rings. The summed E-state index contributed by atoms with van der Waals surface area (Å²) >= 11 is 0. The normalized spacial score (nSPS) is 16.6. The molecule has 0 bridgehead atoms. The largest absolute Gasteiger partial charge is 0.496 e. The van der Waals surface area contributed by atoms with Crippen molar-refractivity contribution < 1.29 is 4.74 Å². The Kier molecular flexibility index (Phi) is 5.88. The molecule has 0 radical (unpaired) electrons. The summed E-state index contributed by atoms with van der Waals surface area (Å²) < 4.78 is 5.42. The fourth-order valence-corrected chi connectivity index (χ4v) is 4.06. The third-order valence-electron chi connectivity index (χ3n) is 5.65. The van der Waals surface area contributed by atoms with Gasteiger partial charge in [0.15, 0.2) is 5.82 Å². The third-order valence-corrected chi connectivity index (χ3v) is 5.65. The Hall–Kier alpha value is -2.76. The molecule has 0 saturated carbocycles. The molecule has 1 unspecified atom stereocenters. The first-order chi connectivity index (χ1) is 14.1. The Bertz CT molecular complexity index is 957. The standard InChI is InChI=1S/C24H28N4O/c1-27(17-21-12-19-8-4-5-9-20(19)16-28(21)2)15-18-13-25-24(26-14-18)22-10-6-7-11-23(22)29-3/h4-11,13-14,21H,12,15-17H2,1-3H3. The van der Waals surface area contributed by atoms with Gasteiger partial charge >= 0.3 is 0 Å². The van der Waals surface area contributed by atoms with E-state index in [0.29, 0.717) is 11.9 Å². The van der Waals surface area contributed by atoms with Crippen LogP contribution < -0.4 is 4.74 Å². The van der Waals surface area contributed by atoms with Gasteiger partial charge in [-0.3, -0.25) is 4.90 Å². The van der Waals surface area contributed by atoms with Gasteiger partial charge in [-0.25, -0.2) is 9.97 Å². The highest BCUT2D eigenvalue weighted by Gasteiger charge is 2.24. The highest BCUT2D eigenvalue weighted by molar-refractivity contribution is 5.63. The van der Waals surface area contributed by atoms with E-state index in [9.17, 15) is 0 Å². The number of fused-ring (bicyclic) bond motifs is 1. The second-order valence-electron chi connectivity index (χ2n) is 7.85. The number of rotatable bonds is 6. The molecule has 0 N–H and O–H groups in total. The van der Waals surface area contributed by atoms with E-state index >= 15 is 0 Å². The van der Waals surface area contributed by atoms with Crippen LogP contribution in [0.3, 0.4) is 0 Å². The summed E-state index contributed by atoms with van der Waals surface area (Å²) in [4.78, 5) is 14.0. The van der Waals surface area contributed by atoms with Crippen molar-refractivity contribution in [2.45, 2.75) is 25.6 Å². The summed E-state index contributed by atoms with van der Waals surface area (Å²) in [7, 11) is 6.06. The Morgan fingerprint density at radius 1 is 1.03 bits per heavy atom. The van der Waals surface area contributed by atoms with E-state index in [1.54, 1.807) is 7.11 Å². The van der Waals surface area contributed by atoms with E-state index in [0.717, 1.165) is 42.9 Å². The van der Waals surface area contributed by atoms with Crippen molar-refractivity contribution in [3.63, 3.8) is 0 Å². The molecule has 2 aromatic carbocycles. The zero-order chi connectivity index (χ0) is 20.2. The van der Waals surface area contributed by atoms with Crippen molar-refractivity contribution in [2.75, 3.05) is 27.7 Å². The number of methoxy groups -OCH3 is 1. The van der Waals surface area contributed by atoms with Crippen LogP contribution >= 0.6 is 0 Å². The smallest absolute Gasteiger partial charge is 0.162 e. The molecular formula is C24H28N4O. The second-order valence-corrected chi connectivity index (χ2v) is 7.85. The van der Waals surface area contributed by atoms with Crippen molar-refractivity contribution in [3.8, 4) is 17.1 Å². The summed E-state index contributed by atoms with van der Waals surface area (Å²) in [5.41, 5.74) is 4.96. The molecule has 0 saturated heterocycles. The van der Waals surface area contributed by atoms with Crippen LogP contribution in [0.25, 0.3) is 11.4 Å². The molecule has 2 heterocycles. The number of hydrogen-bond acceptors (Lipinski definition) is 5. The van der Waals surface area contributed by atoms with Gasteiger partial charge in [0.25, 0.3) is 0 Å². The van der Waals surface area contributed by atoms with Gasteiger partial charge in [-0.1, -0.05) is 36.4 Å². The van der Waals surface area contributed by atoms with Crippen LogP contribution in [0.15, 0.2) is 60.9 Å². The highest BCUT2D eigenvalue weighted by Crippen LogP contribution is 2.26. The van der Waals surface area contributed by atoms with Gasteiger partial charge < -0.3 is 9.64 Å². The molecular weight excluding hydrogens is 360 g/mol. The minimum absolute atomic E-state index is 0.517. The molecule has 0 spiro atoms. The van der Waals surface area contributed by atoms with E-state index in [4.69, 9.17) is 4.74 Å². The lowest BCUT2D eigenvalue weighted by molar-refractivity contribution is 0.158.